The lowest BCUT2D eigenvalue weighted by atomic mass is 9.97. The summed E-state index contributed by atoms with van der Waals surface area (Å²) in [6, 6.07) is 5.29. The van der Waals surface area contributed by atoms with Crippen LogP contribution in [0, 0.1) is 24.6 Å². The first-order valence-corrected chi connectivity index (χ1v) is 12.0. The second kappa shape index (κ2) is 11.9. The summed E-state index contributed by atoms with van der Waals surface area (Å²) >= 11 is 0. The molecule has 0 radical (unpaired) electrons. The first kappa shape index (κ1) is 27.0. The molecule has 2 atom stereocenters. The molecule has 36 heavy (non-hydrogen) atoms. The third kappa shape index (κ3) is 6.35. The molecule has 8 nitrogen and oxygen atoms in total. The SMILES string of the molecule is Cc1c(C(C)NC(=O)C2CCCN2C(=O)CC(C)C)ccc(-c2cc(F)nn2C)c1F.c1cnoc1. The van der Waals surface area contributed by atoms with E-state index in [4.69, 9.17) is 0 Å². The summed E-state index contributed by atoms with van der Waals surface area (Å²) in [5, 5.41) is 9.92. The van der Waals surface area contributed by atoms with E-state index in [0.717, 1.165) is 6.42 Å². The summed E-state index contributed by atoms with van der Waals surface area (Å²) in [6.07, 6.45) is 4.93. The van der Waals surface area contributed by atoms with E-state index in [1.165, 1.54) is 17.0 Å². The highest BCUT2D eigenvalue weighted by Gasteiger charge is 2.34. The minimum absolute atomic E-state index is 0.00436. The monoisotopic (exact) mass is 501 g/mol. The number of carbonyl (C=O) groups is 2. The Morgan fingerprint density at radius 3 is 2.56 bits per heavy atom. The van der Waals surface area contributed by atoms with Crippen molar-refractivity contribution in [3.05, 3.63) is 59.6 Å². The minimum atomic E-state index is -0.674. The van der Waals surface area contributed by atoms with E-state index < -0.39 is 23.8 Å². The molecule has 1 aliphatic heterocycles. The van der Waals surface area contributed by atoms with Gasteiger partial charge in [0, 0.05) is 31.6 Å². The molecular weight excluding hydrogens is 468 g/mol. The molecule has 0 spiro atoms. The molecule has 2 unspecified atom stereocenters. The first-order chi connectivity index (χ1) is 17.1. The van der Waals surface area contributed by atoms with Crippen molar-refractivity contribution in [1.82, 2.24) is 25.2 Å². The standard InChI is InChI=1S/C23H30F2N4O2.C3H3NO/c1-13(2)11-21(30)29-10-6-7-18(29)23(31)26-15(4)16-8-9-17(22(25)14(16)3)19-12-20(24)27-28(19)5;1-2-4-5-3-1/h8-9,12-13,15,18H,6-7,10-11H2,1-5H3,(H,26,31);1-3H. The van der Waals surface area contributed by atoms with Crippen molar-refractivity contribution in [2.75, 3.05) is 6.54 Å². The van der Waals surface area contributed by atoms with Crippen molar-refractivity contribution >= 4 is 11.8 Å². The van der Waals surface area contributed by atoms with Crippen molar-refractivity contribution in [3.8, 4) is 11.3 Å². The van der Waals surface area contributed by atoms with Crippen LogP contribution in [0.25, 0.3) is 11.3 Å². The molecule has 3 heterocycles. The molecule has 0 saturated carbocycles. The Labute approximate surface area is 209 Å². The van der Waals surface area contributed by atoms with E-state index in [-0.39, 0.29) is 23.3 Å². The molecule has 0 aliphatic carbocycles. The summed E-state index contributed by atoms with van der Waals surface area (Å²) < 4.78 is 34.2. The van der Waals surface area contributed by atoms with Gasteiger partial charge in [0.25, 0.3) is 0 Å². The predicted octanol–water partition coefficient (Wildman–Crippen LogP) is 4.56. The van der Waals surface area contributed by atoms with Crippen LogP contribution in [0.5, 0.6) is 0 Å². The van der Waals surface area contributed by atoms with Gasteiger partial charge in [0.15, 0.2) is 0 Å². The third-order valence-electron chi connectivity index (χ3n) is 6.19. The molecule has 3 aromatic rings. The number of carbonyl (C=O) groups excluding carboxylic acids is 2. The molecule has 1 saturated heterocycles. The summed E-state index contributed by atoms with van der Waals surface area (Å²) in [7, 11) is 1.55. The Hall–Kier alpha value is -3.56. The van der Waals surface area contributed by atoms with Crippen LogP contribution < -0.4 is 5.32 Å². The molecule has 1 N–H and O–H groups in total. The Kier molecular flexibility index (Phi) is 8.95. The average Bonchev–Trinajstić information content (AvgIpc) is 3.58. The fourth-order valence-corrected chi connectivity index (χ4v) is 4.42. The molecular formula is C26H33F2N5O3. The highest BCUT2D eigenvalue weighted by atomic mass is 19.1. The van der Waals surface area contributed by atoms with Crippen LogP contribution in [0.15, 0.2) is 41.2 Å². The largest absolute Gasteiger partial charge is 0.365 e. The smallest absolute Gasteiger partial charge is 0.243 e. The Morgan fingerprint density at radius 1 is 1.25 bits per heavy atom. The van der Waals surface area contributed by atoms with Crippen LogP contribution in [0.2, 0.25) is 0 Å². The highest BCUT2D eigenvalue weighted by Crippen LogP contribution is 2.30. The second-order valence-corrected chi connectivity index (χ2v) is 9.38. The number of likely N-dealkylation sites (tertiary alicyclic amines) is 1. The molecule has 10 heteroatoms. The van der Waals surface area contributed by atoms with Gasteiger partial charge in [-0.15, -0.1) is 5.10 Å². The van der Waals surface area contributed by atoms with Gasteiger partial charge in [-0.05, 0) is 55.9 Å². The van der Waals surface area contributed by atoms with Gasteiger partial charge >= 0.3 is 0 Å². The minimum Gasteiger partial charge on any atom is -0.365 e. The molecule has 4 rings (SSSR count). The number of halogens is 2. The van der Waals surface area contributed by atoms with E-state index in [1.807, 2.05) is 13.8 Å². The molecule has 1 aliphatic rings. The normalized spacial score (nSPS) is 16.0. The van der Waals surface area contributed by atoms with Crippen molar-refractivity contribution in [2.24, 2.45) is 13.0 Å². The number of benzene rings is 1. The maximum atomic E-state index is 15.1. The fraction of sp³-hybridized carbons (Fsp3) is 0.462. The van der Waals surface area contributed by atoms with E-state index in [2.05, 4.69) is 20.1 Å². The van der Waals surface area contributed by atoms with Gasteiger partial charge in [-0.25, -0.2) is 4.39 Å². The van der Waals surface area contributed by atoms with Crippen LogP contribution in [0.1, 0.15) is 57.2 Å². The van der Waals surface area contributed by atoms with E-state index in [9.17, 15) is 14.0 Å². The number of nitrogens with one attached hydrogen (secondary N) is 1. The summed E-state index contributed by atoms with van der Waals surface area (Å²) in [5.74, 6) is -1.15. The van der Waals surface area contributed by atoms with Crippen LogP contribution in [0.4, 0.5) is 8.78 Å². The van der Waals surface area contributed by atoms with Gasteiger partial charge < -0.3 is 14.7 Å². The molecule has 1 fully saturated rings. The zero-order valence-electron chi connectivity index (χ0n) is 21.3. The summed E-state index contributed by atoms with van der Waals surface area (Å²) in [5.41, 5.74) is 1.60. The lowest BCUT2D eigenvalue weighted by Gasteiger charge is -2.27. The first-order valence-electron chi connectivity index (χ1n) is 12.0. The maximum absolute atomic E-state index is 15.1. The maximum Gasteiger partial charge on any atom is 0.243 e. The topological polar surface area (TPSA) is 93.3 Å². The van der Waals surface area contributed by atoms with E-state index in [1.54, 1.807) is 50.2 Å². The Bertz CT molecular complexity index is 1160. The number of rotatable bonds is 6. The van der Waals surface area contributed by atoms with Gasteiger partial charge in [-0.2, -0.15) is 4.39 Å². The van der Waals surface area contributed by atoms with Crippen LogP contribution in [-0.4, -0.2) is 44.2 Å². The number of aromatic nitrogens is 3. The van der Waals surface area contributed by atoms with Gasteiger partial charge in [-0.1, -0.05) is 25.1 Å². The van der Waals surface area contributed by atoms with Crippen LogP contribution in [0.3, 0.4) is 0 Å². The lowest BCUT2D eigenvalue weighted by Crippen LogP contribution is -2.46. The number of hydrogen-bond acceptors (Lipinski definition) is 5. The van der Waals surface area contributed by atoms with Gasteiger partial charge in [-0.3, -0.25) is 14.3 Å². The molecule has 1 aromatic carbocycles. The summed E-state index contributed by atoms with van der Waals surface area (Å²) in [4.78, 5) is 27.1. The number of amides is 2. The zero-order chi connectivity index (χ0) is 26.4. The fourth-order valence-electron chi connectivity index (χ4n) is 4.42. The van der Waals surface area contributed by atoms with Gasteiger partial charge in [0.2, 0.25) is 17.8 Å². The molecule has 2 amide bonds. The van der Waals surface area contributed by atoms with Crippen LogP contribution >= 0.6 is 0 Å². The highest BCUT2D eigenvalue weighted by molar-refractivity contribution is 5.88. The van der Waals surface area contributed by atoms with Crippen molar-refractivity contribution < 1.29 is 22.9 Å². The van der Waals surface area contributed by atoms with E-state index in [0.29, 0.717) is 36.2 Å². The Balaban J connectivity index is 0.000000642. The lowest BCUT2D eigenvalue weighted by molar-refractivity contribution is -0.139. The number of hydrogen-bond donors (Lipinski definition) is 1. The number of nitrogens with zero attached hydrogens (tertiary/aromatic N) is 4. The van der Waals surface area contributed by atoms with Gasteiger partial charge in [0.1, 0.15) is 18.1 Å². The van der Waals surface area contributed by atoms with Crippen molar-refractivity contribution in [1.29, 1.82) is 0 Å². The molecule has 194 valence electrons. The van der Waals surface area contributed by atoms with Gasteiger partial charge in [0.05, 0.1) is 17.9 Å². The quantitative estimate of drug-likeness (QED) is 0.534. The Morgan fingerprint density at radius 2 is 2.00 bits per heavy atom. The second-order valence-electron chi connectivity index (χ2n) is 9.38. The summed E-state index contributed by atoms with van der Waals surface area (Å²) in [6.45, 7) is 7.97. The third-order valence-corrected chi connectivity index (χ3v) is 6.19. The zero-order valence-corrected chi connectivity index (χ0v) is 21.3. The van der Waals surface area contributed by atoms with E-state index >= 15 is 4.39 Å². The predicted molar refractivity (Wildman–Crippen MR) is 131 cm³/mol. The van der Waals surface area contributed by atoms with Crippen molar-refractivity contribution in [2.45, 2.75) is 59.0 Å². The van der Waals surface area contributed by atoms with Crippen LogP contribution in [-0.2, 0) is 16.6 Å². The van der Waals surface area contributed by atoms with Crippen molar-refractivity contribution in [3.63, 3.8) is 0 Å². The molecule has 2 aromatic heterocycles. The average molecular weight is 502 g/mol. The number of aryl methyl sites for hydroxylation is 1. The molecule has 0 bridgehead atoms.